The highest BCUT2D eigenvalue weighted by Gasteiger charge is 2.39. The Morgan fingerprint density at radius 3 is 2.54 bits per heavy atom. The minimum atomic E-state index is -0.474. The number of benzene rings is 1. The van der Waals surface area contributed by atoms with E-state index >= 15 is 0 Å². The van der Waals surface area contributed by atoms with Gasteiger partial charge in [-0.3, -0.25) is 9.69 Å². The molecular formula is C22H33NO3. The Bertz CT molecular complexity index is 548. The van der Waals surface area contributed by atoms with E-state index in [2.05, 4.69) is 36.1 Å². The lowest BCUT2D eigenvalue weighted by molar-refractivity contribution is -0.166. The van der Waals surface area contributed by atoms with Crippen LogP contribution >= 0.6 is 0 Å². The second-order valence-corrected chi connectivity index (χ2v) is 6.89. The van der Waals surface area contributed by atoms with Gasteiger partial charge in [0.05, 0.1) is 6.61 Å². The van der Waals surface area contributed by atoms with Crippen LogP contribution in [0.1, 0.15) is 51.5 Å². The smallest absolute Gasteiger partial charge is 0.306 e. The van der Waals surface area contributed by atoms with Gasteiger partial charge >= 0.3 is 5.97 Å². The Labute approximate surface area is 158 Å². The minimum Gasteiger partial charge on any atom is -0.454 e. The van der Waals surface area contributed by atoms with Crippen LogP contribution in [0.4, 0.5) is 0 Å². The zero-order valence-corrected chi connectivity index (χ0v) is 16.3. The normalized spacial score (nSPS) is 17.5. The molecule has 1 saturated heterocycles. The lowest BCUT2D eigenvalue weighted by Gasteiger charge is -2.41. The van der Waals surface area contributed by atoms with Gasteiger partial charge in [0, 0.05) is 45.5 Å². The quantitative estimate of drug-likeness (QED) is 0.355. The van der Waals surface area contributed by atoms with Gasteiger partial charge in [-0.1, -0.05) is 62.8 Å². The summed E-state index contributed by atoms with van der Waals surface area (Å²) in [5, 5.41) is 0. The Hall–Kier alpha value is -1.65. The molecule has 0 N–H and O–H groups in total. The number of hydrogen-bond acceptors (Lipinski definition) is 4. The number of nitrogens with zero attached hydrogens (tertiary/aromatic N) is 1. The van der Waals surface area contributed by atoms with Gasteiger partial charge in [-0.25, -0.2) is 0 Å². The summed E-state index contributed by atoms with van der Waals surface area (Å²) in [4.78, 5) is 14.4. The lowest BCUT2D eigenvalue weighted by atomic mass is 9.84. The van der Waals surface area contributed by atoms with Crippen LogP contribution in [-0.2, 0) is 19.9 Å². The van der Waals surface area contributed by atoms with E-state index in [0.29, 0.717) is 13.0 Å². The molecule has 0 bridgehead atoms. The maximum atomic E-state index is 12.0. The van der Waals surface area contributed by atoms with Gasteiger partial charge in [0.2, 0.25) is 0 Å². The fourth-order valence-electron chi connectivity index (χ4n) is 3.27. The summed E-state index contributed by atoms with van der Waals surface area (Å²) in [7, 11) is 0. The van der Waals surface area contributed by atoms with Crippen LogP contribution < -0.4 is 0 Å². The molecule has 0 aliphatic carbocycles. The fourth-order valence-corrected chi connectivity index (χ4v) is 3.27. The molecule has 0 unspecified atom stereocenters. The predicted octanol–water partition coefficient (Wildman–Crippen LogP) is 4.30. The summed E-state index contributed by atoms with van der Waals surface area (Å²) in [6, 6.07) is 10.2. The van der Waals surface area contributed by atoms with Crippen LogP contribution in [0.3, 0.4) is 0 Å². The number of ether oxygens (including phenoxy) is 2. The highest BCUT2D eigenvalue weighted by molar-refractivity contribution is 5.69. The molecule has 1 heterocycles. The van der Waals surface area contributed by atoms with E-state index in [4.69, 9.17) is 9.47 Å². The molecule has 0 atom stereocenters. The molecule has 0 radical (unpaired) electrons. The number of carbonyl (C=O) groups excluding carboxylic acids is 1. The van der Waals surface area contributed by atoms with Crippen molar-refractivity contribution in [1.29, 1.82) is 0 Å². The van der Waals surface area contributed by atoms with Crippen LogP contribution in [0.5, 0.6) is 0 Å². The highest BCUT2D eigenvalue weighted by Crippen LogP contribution is 2.37. The predicted molar refractivity (Wildman–Crippen MR) is 105 cm³/mol. The Morgan fingerprint density at radius 1 is 1.15 bits per heavy atom. The minimum absolute atomic E-state index is 0.119. The maximum absolute atomic E-state index is 12.0. The molecule has 0 aromatic heterocycles. The SMILES string of the molecule is CCCCOC/C=C/CN1CCC(OC(=O)CC)(c2ccccc2)CC1. The number of likely N-dealkylation sites (tertiary alicyclic amines) is 1. The summed E-state index contributed by atoms with van der Waals surface area (Å²) < 4.78 is 11.5. The zero-order chi connectivity index (χ0) is 18.7. The van der Waals surface area contributed by atoms with Gasteiger partial charge in [-0.05, 0) is 12.0 Å². The van der Waals surface area contributed by atoms with Gasteiger partial charge < -0.3 is 9.47 Å². The van der Waals surface area contributed by atoms with Gasteiger partial charge in [0.15, 0.2) is 0 Å². The van der Waals surface area contributed by atoms with E-state index in [9.17, 15) is 4.79 Å². The summed E-state index contributed by atoms with van der Waals surface area (Å²) >= 11 is 0. The van der Waals surface area contributed by atoms with E-state index < -0.39 is 5.60 Å². The first-order valence-electron chi connectivity index (χ1n) is 9.92. The second kappa shape index (κ2) is 11.1. The third-order valence-corrected chi connectivity index (χ3v) is 4.95. The molecule has 1 aromatic carbocycles. The van der Waals surface area contributed by atoms with Crippen molar-refractivity contribution in [3.63, 3.8) is 0 Å². The number of hydrogen-bond donors (Lipinski definition) is 0. The average Bonchev–Trinajstić information content (AvgIpc) is 2.69. The lowest BCUT2D eigenvalue weighted by Crippen LogP contribution is -2.45. The van der Waals surface area contributed by atoms with E-state index in [-0.39, 0.29) is 5.97 Å². The van der Waals surface area contributed by atoms with Crippen molar-refractivity contribution >= 4 is 5.97 Å². The van der Waals surface area contributed by atoms with Crippen molar-refractivity contribution < 1.29 is 14.3 Å². The first-order valence-corrected chi connectivity index (χ1v) is 9.92. The molecule has 1 aliphatic heterocycles. The van der Waals surface area contributed by atoms with Gasteiger partial charge in [-0.15, -0.1) is 0 Å². The zero-order valence-electron chi connectivity index (χ0n) is 16.3. The molecule has 0 saturated carbocycles. The van der Waals surface area contributed by atoms with Crippen molar-refractivity contribution in [1.82, 2.24) is 4.90 Å². The first kappa shape index (κ1) is 20.7. The first-order chi connectivity index (χ1) is 12.7. The van der Waals surface area contributed by atoms with Crippen molar-refractivity contribution in [2.24, 2.45) is 0 Å². The Morgan fingerprint density at radius 2 is 1.88 bits per heavy atom. The monoisotopic (exact) mass is 359 g/mol. The topological polar surface area (TPSA) is 38.8 Å². The third kappa shape index (κ3) is 6.26. The number of carbonyl (C=O) groups is 1. The summed E-state index contributed by atoms with van der Waals surface area (Å²) in [5.74, 6) is -0.119. The number of rotatable bonds is 10. The van der Waals surface area contributed by atoms with Crippen LogP contribution in [-0.4, -0.2) is 43.7 Å². The van der Waals surface area contributed by atoms with Gasteiger partial charge in [0.25, 0.3) is 0 Å². The molecule has 1 aromatic rings. The summed E-state index contributed by atoms with van der Waals surface area (Å²) in [6.07, 6.45) is 8.67. The number of piperidine rings is 1. The Balaban J connectivity index is 1.86. The molecule has 2 rings (SSSR count). The Kier molecular flexibility index (Phi) is 8.86. The summed E-state index contributed by atoms with van der Waals surface area (Å²) in [6.45, 7) is 8.32. The molecular weight excluding hydrogens is 326 g/mol. The average molecular weight is 360 g/mol. The maximum Gasteiger partial charge on any atom is 0.306 e. The van der Waals surface area contributed by atoms with Crippen LogP contribution in [0.2, 0.25) is 0 Å². The molecule has 26 heavy (non-hydrogen) atoms. The molecule has 4 nitrogen and oxygen atoms in total. The molecule has 144 valence electrons. The standard InChI is InChI=1S/C22H33NO3/c1-3-5-18-25-19-10-9-15-23-16-13-22(14-17-23,26-21(24)4-2)20-11-7-6-8-12-20/h6-12H,3-5,13-19H2,1-2H3/b10-9+. The van der Waals surface area contributed by atoms with Crippen molar-refractivity contribution in [2.45, 2.75) is 51.6 Å². The van der Waals surface area contributed by atoms with Crippen molar-refractivity contribution in [3.05, 3.63) is 48.0 Å². The van der Waals surface area contributed by atoms with E-state index in [1.807, 2.05) is 25.1 Å². The van der Waals surface area contributed by atoms with Gasteiger partial charge in [0.1, 0.15) is 5.60 Å². The van der Waals surface area contributed by atoms with E-state index in [1.54, 1.807) is 0 Å². The second-order valence-electron chi connectivity index (χ2n) is 6.89. The molecule has 4 heteroatoms. The molecule has 0 amide bonds. The van der Waals surface area contributed by atoms with Crippen LogP contribution in [0.25, 0.3) is 0 Å². The molecule has 0 spiro atoms. The van der Waals surface area contributed by atoms with Crippen molar-refractivity contribution in [2.75, 3.05) is 32.8 Å². The van der Waals surface area contributed by atoms with Crippen LogP contribution in [0.15, 0.2) is 42.5 Å². The fraction of sp³-hybridized carbons (Fsp3) is 0.591. The highest BCUT2D eigenvalue weighted by atomic mass is 16.6. The largest absolute Gasteiger partial charge is 0.454 e. The molecule has 1 aliphatic rings. The number of unbranched alkanes of at least 4 members (excludes halogenated alkanes) is 1. The number of esters is 1. The van der Waals surface area contributed by atoms with E-state index in [0.717, 1.165) is 51.1 Å². The van der Waals surface area contributed by atoms with Crippen molar-refractivity contribution in [3.8, 4) is 0 Å². The molecule has 1 fully saturated rings. The third-order valence-electron chi connectivity index (χ3n) is 4.95. The summed E-state index contributed by atoms with van der Waals surface area (Å²) in [5.41, 5.74) is 0.638. The van der Waals surface area contributed by atoms with Gasteiger partial charge in [-0.2, -0.15) is 0 Å². The van der Waals surface area contributed by atoms with Crippen LogP contribution in [0, 0.1) is 0 Å². The van der Waals surface area contributed by atoms with E-state index in [1.165, 1.54) is 6.42 Å².